The van der Waals surface area contributed by atoms with Crippen molar-refractivity contribution < 1.29 is 19.4 Å². The van der Waals surface area contributed by atoms with Crippen molar-refractivity contribution in [2.75, 3.05) is 33.3 Å². The molecule has 1 amide bonds. The predicted octanol–water partition coefficient (Wildman–Crippen LogP) is 4.11. The van der Waals surface area contributed by atoms with Crippen molar-refractivity contribution in [3.63, 3.8) is 0 Å². The van der Waals surface area contributed by atoms with Crippen LogP contribution < -0.4 is 4.74 Å². The van der Waals surface area contributed by atoms with Crippen LogP contribution in [0.1, 0.15) is 31.0 Å². The normalized spacial score (nSPS) is 18.1. The minimum absolute atomic E-state index is 0.0806. The number of likely N-dealkylation sites (tertiary alicyclic amines) is 1. The van der Waals surface area contributed by atoms with Gasteiger partial charge in [0.25, 0.3) is 11.7 Å². The fourth-order valence-electron chi connectivity index (χ4n) is 3.80. The molecule has 1 heterocycles. The quantitative estimate of drug-likeness (QED) is 0.378. The van der Waals surface area contributed by atoms with Gasteiger partial charge in [-0.2, -0.15) is 0 Å². The number of hydrogen-bond donors (Lipinski definition) is 1. The number of Topliss-reactive ketones (excluding diaryl/α,β-unsaturated/α-hetero) is 1. The first-order valence-electron chi connectivity index (χ1n) is 10.3. The molecule has 6 nitrogen and oxygen atoms in total. The van der Waals surface area contributed by atoms with Gasteiger partial charge in [0.1, 0.15) is 11.5 Å². The van der Waals surface area contributed by atoms with Crippen LogP contribution in [0.15, 0.2) is 54.1 Å². The van der Waals surface area contributed by atoms with Crippen molar-refractivity contribution >= 4 is 29.1 Å². The van der Waals surface area contributed by atoms with E-state index in [0.29, 0.717) is 29.4 Å². The number of benzene rings is 2. The van der Waals surface area contributed by atoms with Gasteiger partial charge in [-0.3, -0.25) is 9.59 Å². The average molecular weight is 443 g/mol. The Bertz CT molecular complexity index is 966. The molecule has 1 aliphatic heterocycles. The molecule has 0 aromatic heterocycles. The third-order valence-electron chi connectivity index (χ3n) is 5.64. The summed E-state index contributed by atoms with van der Waals surface area (Å²) in [5.41, 5.74) is 1.25. The number of nitrogens with zero attached hydrogens (tertiary/aromatic N) is 2. The maximum absolute atomic E-state index is 13.0. The lowest BCUT2D eigenvalue weighted by molar-refractivity contribution is -0.140. The molecule has 2 aromatic rings. The lowest BCUT2D eigenvalue weighted by atomic mass is 9.95. The van der Waals surface area contributed by atoms with Crippen molar-refractivity contribution in [3.05, 3.63) is 70.3 Å². The van der Waals surface area contributed by atoms with E-state index < -0.39 is 17.7 Å². The second-order valence-electron chi connectivity index (χ2n) is 7.30. The summed E-state index contributed by atoms with van der Waals surface area (Å²) in [6, 6.07) is 13.0. The SMILES string of the molecule is CCN(CC)CCN1C(=O)C(=O)C(=C(O)c2ccc(Cl)cc2)[C@@H]1c1ccc(OC)cc1. The van der Waals surface area contributed by atoms with E-state index in [-0.39, 0.29) is 11.3 Å². The highest BCUT2D eigenvalue weighted by Crippen LogP contribution is 2.39. The molecule has 2 aromatic carbocycles. The van der Waals surface area contributed by atoms with Crippen LogP contribution >= 0.6 is 11.6 Å². The van der Waals surface area contributed by atoms with Crippen LogP contribution in [-0.2, 0) is 9.59 Å². The maximum Gasteiger partial charge on any atom is 0.295 e. The summed E-state index contributed by atoms with van der Waals surface area (Å²) in [4.78, 5) is 29.7. The van der Waals surface area contributed by atoms with E-state index in [9.17, 15) is 14.7 Å². The largest absolute Gasteiger partial charge is 0.507 e. The second kappa shape index (κ2) is 9.98. The minimum atomic E-state index is -0.687. The smallest absolute Gasteiger partial charge is 0.295 e. The van der Waals surface area contributed by atoms with E-state index in [0.717, 1.165) is 18.7 Å². The number of ketones is 1. The number of carbonyl (C=O) groups excluding carboxylic acids is 2. The van der Waals surface area contributed by atoms with E-state index in [2.05, 4.69) is 18.7 Å². The number of amides is 1. The molecule has 0 bridgehead atoms. The number of carbonyl (C=O) groups is 2. The van der Waals surface area contributed by atoms with Crippen LogP contribution in [0.2, 0.25) is 5.02 Å². The summed E-state index contributed by atoms with van der Waals surface area (Å²) in [5, 5.41) is 11.5. The third-order valence-corrected chi connectivity index (χ3v) is 5.89. The highest BCUT2D eigenvalue weighted by atomic mass is 35.5. The zero-order valence-electron chi connectivity index (χ0n) is 18.0. The average Bonchev–Trinajstić information content (AvgIpc) is 3.04. The van der Waals surface area contributed by atoms with Crippen LogP contribution in [0.25, 0.3) is 5.76 Å². The Kier molecular flexibility index (Phi) is 7.36. The first-order chi connectivity index (χ1) is 14.9. The lowest BCUT2D eigenvalue weighted by Crippen LogP contribution is -2.38. The number of aliphatic hydroxyl groups is 1. The zero-order valence-corrected chi connectivity index (χ0v) is 18.7. The fraction of sp³-hybridized carbons (Fsp3) is 0.333. The molecular weight excluding hydrogens is 416 g/mol. The first kappa shape index (κ1) is 22.8. The Labute approximate surface area is 187 Å². The lowest BCUT2D eigenvalue weighted by Gasteiger charge is -2.28. The van der Waals surface area contributed by atoms with Gasteiger partial charge in [-0.25, -0.2) is 0 Å². The third kappa shape index (κ3) is 4.75. The molecule has 0 saturated carbocycles. The molecule has 1 aliphatic rings. The standard InChI is InChI=1S/C24H27ClN2O4/c1-4-26(5-2)14-15-27-21(16-8-12-19(31-3)13-9-16)20(23(29)24(27)30)22(28)17-6-10-18(25)11-7-17/h6-13,21,28H,4-5,14-15H2,1-3H3/t21-/m0/s1. The van der Waals surface area contributed by atoms with Crippen LogP contribution in [-0.4, -0.2) is 59.9 Å². The number of halogens is 1. The summed E-state index contributed by atoms with van der Waals surface area (Å²) in [6.45, 7) is 6.81. The van der Waals surface area contributed by atoms with Gasteiger partial charge in [-0.1, -0.05) is 37.6 Å². The van der Waals surface area contributed by atoms with Crippen molar-refractivity contribution in [3.8, 4) is 5.75 Å². The van der Waals surface area contributed by atoms with E-state index in [1.54, 1.807) is 48.4 Å². The fourth-order valence-corrected chi connectivity index (χ4v) is 3.92. The highest BCUT2D eigenvalue weighted by Gasteiger charge is 2.45. The Balaban J connectivity index is 2.08. The molecular formula is C24H27ClN2O4. The molecule has 3 rings (SSSR count). The summed E-state index contributed by atoms with van der Waals surface area (Å²) in [5.74, 6) is -0.834. The van der Waals surface area contributed by atoms with E-state index >= 15 is 0 Å². The van der Waals surface area contributed by atoms with E-state index in [1.165, 1.54) is 0 Å². The van der Waals surface area contributed by atoms with Gasteiger partial charge in [-0.05, 0) is 55.1 Å². The van der Waals surface area contributed by atoms with Crippen molar-refractivity contribution in [2.45, 2.75) is 19.9 Å². The number of rotatable bonds is 8. The maximum atomic E-state index is 13.0. The summed E-state index contributed by atoms with van der Waals surface area (Å²) in [6.07, 6.45) is 0. The Morgan fingerprint density at radius 3 is 2.23 bits per heavy atom. The van der Waals surface area contributed by atoms with Crippen molar-refractivity contribution in [2.24, 2.45) is 0 Å². The Morgan fingerprint density at radius 2 is 1.68 bits per heavy atom. The van der Waals surface area contributed by atoms with Gasteiger partial charge >= 0.3 is 0 Å². The van der Waals surface area contributed by atoms with Crippen LogP contribution in [0.4, 0.5) is 0 Å². The van der Waals surface area contributed by atoms with Crippen molar-refractivity contribution in [1.29, 1.82) is 0 Å². The molecule has 0 aliphatic carbocycles. The highest BCUT2D eigenvalue weighted by molar-refractivity contribution is 6.46. The van der Waals surface area contributed by atoms with Gasteiger partial charge in [0.05, 0.1) is 18.7 Å². The molecule has 31 heavy (non-hydrogen) atoms. The van der Waals surface area contributed by atoms with Crippen LogP contribution in [0.5, 0.6) is 5.75 Å². The number of likely N-dealkylation sites (N-methyl/N-ethyl adjacent to an activating group) is 1. The molecule has 0 unspecified atom stereocenters. The number of hydrogen-bond acceptors (Lipinski definition) is 5. The van der Waals surface area contributed by atoms with Crippen molar-refractivity contribution in [1.82, 2.24) is 9.80 Å². The predicted molar refractivity (Wildman–Crippen MR) is 121 cm³/mol. The van der Waals surface area contributed by atoms with Gasteiger partial charge in [-0.15, -0.1) is 0 Å². The van der Waals surface area contributed by atoms with E-state index in [1.807, 2.05) is 12.1 Å². The molecule has 0 radical (unpaired) electrons. The number of aliphatic hydroxyl groups excluding tert-OH is 1. The molecule has 1 fully saturated rings. The van der Waals surface area contributed by atoms with E-state index in [4.69, 9.17) is 16.3 Å². The summed E-state index contributed by atoms with van der Waals surface area (Å²) >= 11 is 5.96. The van der Waals surface area contributed by atoms with Gasteiger partial charge < -0.3 is 19.6 Å². The number of ether oxygens (including phenoxy) is 1. The second-order valence-corrected chi connectivity index (χ2v) is 7.74. The van der Waals surface area contributed by atoms with Gasteiger partial charge in [0.2, 0.25) is 0 Å². The van der Waals surface area contributed by atoms with Gasteiger partial charge in [0, 0.05) is 23.7 Å². The molecule has 1 atom stereocenters. The minimum Gasteiger partial charge on any atom is -0.507 e. The van der Waals surface area contributed by atoms with Gasteiger partial charge in [0.15, 0.2) is 0 Å². The number of methoxy groups -OCH3 is 1. The summed E-state index contributed by atoms with van der Waals surface area (Å²) < 4.78 is 5.24. The topological polar surface area (TPSA) is 70.1 Å². The monoisotopic (exact) mass is 442 g/mol. The molecule has 164 valence electrons. The molecule has 1 saturated heterocycles. The zero-order chi connectivity index (χ0) is 22.5. The summed E-state index contributed by atoms with van der Waals surface area (Å²) in [7, 11) is 1.58. The molecule has 1 N–H and O–H groups in total. The Hall–Kier alpha value is -2.83. The van der Waals surface area contributed by atoms with Crippen LogP contribution in [0.3, 0.4) is 0 Å². The Morgan fingerprint density at radius 1 is 1.06 bits per heavy atom. The molecule has 0 spiro atoms. The molecule has 7 heteroatoms. The van der Waals surface area contributed by atoms with Crippen LogP contribution in [0, 0.1) is 0 Å². The first-order valence-corrected chi connectivity index (χ1v) is 10.7.